The molecule has 1 unspecified atom stereocenters. The Bertz CT molecular complexity index is 1330. The Labute approximate surface area is 193 Å². The zero-order valence-corrected chi connectivity index (χ0v) is 19.2. The van der Waals surface area contributed by atoms with Gasteiger partial charge in [-0.05, 0) is 67.4 Å². The predicted octanol–water partition coefficient (Wildman–Crippen LogP) is 5.80. The first-order chi connectivity index (χ1) is 15.9. The van der Waals surface area contributed by atoms with Gasteiger partial charge in [-0.15, -0.1) is 0 Å². The quantitative estimate of drug-likeness (QED) is 0.369. The maximum absolute atomic E-state index is 12.5. The van der Waals surface area contributed by atoms with E-state index in [1.165, 1.54) is 0 Å². The van der Waals surface area contributed by atoms with Crippen molar-refractivity contribution < 1.29 is 9.21 Å². The van der Waals surface area contributed by atoms with E-state index in [9.17, 15) is 9.59 Å². The number of amides is 1. The lowest BCUT2D eigenvalue weighted by atomic mass is 10.0. The van der Waals surface area contributed by atoms with Crippen LogP contribution in [0.4, 0.5) is 5.69 Å². The Morgan fingerprint density at radius 2 is 1.79 bits per heavy atom. The van der Waals surface area contributed by atoms with Crippen LogP contribution >= 0.6 is 0 Å². The number of benzene rings is 3. The molecule has 0 aliphatic carbocycles. The predicted molar refractivity (Wildman–Crippen MR) is 133 cm³/mol. The number of aryl methyl sites for hydroxylation is 1. The second-order valence-corrected chi connectivity index (χ2v) is 8.31. The van der Waals surface area contributed by atoms with Crippen LogP contribution in [-0.4, -0.2) is 17.9 Å². The average molecular weight is 441 g/mol. The highest BCUT2D eigenvalue weighted by molar-refractivity contribution is 6.04. The van der Waals surface area contributed by atoms with Crippen LogP contribution in [0.15, 0.2) is 88.1 Å². The first-order valence-electron chi connectivity index (χ1n) is 11.2. The van der Waals surface area contributed by atoms with E-state index in [2.05, 4.69) is 30.1 Å². The molecule has 0 aliphatic heterocycles. The van der Waals surface area contributed by atoms with Crippen molar-refractivity contribution >= 4 is 22.6 Å². The first-order valence-corrected chi connectivity index (χ1v) is 11.2. The summed E-state index contributed by atoms with van der Waals surface area (Å²) in [4.78, 5) is 26.9. The second-order valence-electron chi connectivity index (χ2n) is 8.31. The molecule has 0 radical (unpaired) electrons. The molecule has 5 heteroatoms. The van der Waals surface area contributed by atoms with Gasteiger partial charge in [-0.2, -0.15) is 0 Å². The van der Waals surface area contributed by atoms with Crippen LogP contribution in [0, 0.1) is 0 Å². The van der Waals surface area contributed by atoms with Crippen molar-refractivity contribution in [3.63, 3.8) is 0 Å². The van der Waals surface area contributed by atoms with E-state index in [1.54, 1.807) is 18.2 Å². The highest BCUT2D eigenvalue weighted by Crippen LogP contribution is 2.26. The Morgan fingerprint density at radius 1 is 1.00 bits per heavy atom. The van der Waals surface area contributed by atoms with E-state index in [-0.39, 0.29) is 17.6 Å². The summed E-state index contributed by atoms with van der Waals surface area (Å²) in [7, 11) is 2.03. The fourth-order valence-electron chi connectivity index (χ4n) is 3.95. The van der Waals surface area contributed by atoms with Gasteiger partial charge in [0.25, 0.3) is 5.91 Å². The summed E-state index contributed by atoms with van der Waals surface area (Å²) in [5.41, 5.74) is 4.81. The molecule has 33 heavy (non-hydrogen) atoms. The van der Waals surface area contributed by atoms with E-state index in [4.69, 9.17) is 4.42 Å². The number of fused-ring (bicyclic) bond motifs is 1. The van der Waals surface area contributed by atoms with Crippen LogP contribution in [0.3, 0.4) is 0 Å². The maximum atomic E-state index is 12.5. The third-order valence-corrected chi connectivity index (χ3v) is 6.05. The van der Waals surface area contributed by atoms with Crippen molar-refractivity contribution in [1.82, 2.24) is 4.90 Å². The van der Waals surface area contributed by atoms with Crippen molar-refractivity contribution in [3.05, 3.63) is 112 Å². The molecular weight excluding hydrogens is 412 g/mol. The van der Waals surface area contributed by atoms with Crippen LogP contribution in [0.25, 0.3) is 11.0 Å². The number of anilines is 1. The third kappa shape index (κ3) is 5.21. The zero-order chi connectivity index (χ0) is 23.4. The summed E-state index contributed by atoms with van der Waals surface area (Å²) in [5, 5.41) is 3.93. The van der Waals surface area contributed by atoms with Crippen LogP contribution in [0.2, 0.25) is 0 Å². The van der Waals surface area contributed by atoms with Crippen molar-refractivity contribution in [1.29, 1.82) is 0 Å². The van der Waals surface area contributed by atoms with Crippen LogP contribution in [-0.2, 0) is 13.0 Å². The van der Waals surface area contributed by atoms with Crippen molar-refractivity contribution in [2.24, 2.45) is 0 Å². The standard InChI is InChI=1S/C28H28N2O3/c1-4-20-13-14-25-23(17-27(31)33-26(25)15-20)18-30(3)19(2)22-11-8-12-24(16-22)29-28(32)21-9-6-5-7-10-21/h5-17,19H,4,18H2,1-3H3,(H,29,32). The van der Waals surface area contributed by atoms with Crippen molar-refractivity contribution in [2.75, 3.05) is 12.4 Å². The third-order valence-electron chi connectivity index (χ3n) is 6.05. The fourth-order valence-corrected chi connectivity index (χ4v) is 3.95. The average Bonchev–Trinajstić information content (AvgIpc) is 2.83. The first kappa shape index (κ1) is 22.5. The van der Waals surface area contributed by atoms with Crippen LogP contribution in [0.1, 0.15) is 46.9 Å². The zero-order valence-electron chi connectivity index (χ0n) is 19.2. The van der Waals surface area contributed by atoms with Gasteiger partial charge in [0.2, 0.25) is 0 Å². The summed E-state index contributed by atoms with van der Waals surface area (Å²) in [6.45, 7) is 4.78. The summed E-state index contributed by atoms with van der Waals surface area (Å²) in [5.74, 6) is -0.136. The molecule has 0 bridgehead atoms. The number of nitrogens with one attached hydrogen (secondary N) is 1. The van der Waals surface area contributed by atoms with Gasteiger partial charge < -0.3 is 9.73 Å². The number of hydrogen-bond donors (Lipinski definition) is 1. The number of carbonyl (C=O) groups excluding carboxylic acids is 1. The molecule has 1 amide bonds. The molecule has 0 fully saturated rings. The van der Waals surface area contributed by atoms with Gasteiger partial charge >= 0.3 is 5.63 Å². The lowest BCUT2D eigenvalue weighted by Crippen LogP contribution is -2.23. The van der Waals surface area contributed by atoms with Crippen LogP contribution in [0.5, 0.6) is 0 Å². The molecule has 1 N–H and O–H groups in total. The molecule has 1 heterocycles. The largest absolute Gasteiger partial charge is 0.423 e. The molecule has 4 rings (SSSR count). The van der Waals surface area contributed by atoms with Crippen molar-refractivity contribution in [2.45, 2.75) is 32.9 Å². The Hall–Kier alpha value is -3.70. The van der Waals surface area contributed by atoms with Crippen LogP contribution < -0.4 is 10.9 Å². The van der Waals surface area contributed by atoms with Gasteiger partial charge in [-0.1, -0.05) is 49.4 Å². The SMILES string of the molecule is CCc1ccc2c(CN(C)C(C)c3cccc(NC(=O)c4ccccc4)c3)cc(=O)oc2c1. The Morgan fingerprint density at radius 3 is 2.55 bits per heavy atom. The molecule has 5 nitrogen and oxygen atoms in total. The van der Waals surface area contributed by atoms with Gasteiger partial charge in [0.05, 0.1) is 0 Å². The lowest BCUT2D eigenvalue weighted by molar-refractivity contribution is 0.102. The monoisotopic (exact) mass is 440 g/mol. The van der Waals surface area contributed by atoms with E-state index in [0.29, 0.717) is 17.7 Å². The Balaban J connectivity index is 1.53. The minimum atomic E-state index is -0.336. The second kappa shape index (κ2) is 9.84. The van der Waals surface area contributed by atoms with Gasteiger partial charge in [0, 0.05) is 35.3 Å². The van der Waals surface area contributed by atoms with Gasteiger partial charge in [0.15, 0.2) is 0 Å². The molecule has 168 valence electrons. The highest BCUT2D eigenvalue weighted by Gasteiger charge is 2.16. The minimum absolute atomic E-state index is 0.0655. The molecule has 0 spiro atoms. The molecule has 0 saturated carbocycles. The lowest BCUT2D eigenvalue weighted by Gasteiger charge is -2.26. The van der Waals surface area contributed by atoms with Gasteiger partial charge in [0.1, 0.15) is 5.58 Å². The fraction of sp³-hybridized carbons (Fsp3) is 0.214. The summed E-state index contributed by atoms with van der Waals surface area (Å²) >= 11 is 0. The van der Waals surface area contributed by atoms with E-state index < -0.39 is 0 Å². The smallest absolute Gasteiger partial charge is 0.336 e. The minimum Gasteiger partial charge on any atom is -0.423 e. The number of nitrogens with zero attached hydrogens (tertiary/aromatic N) is 1. The number of carbonyl (C=O) groups is 1. The molecule has 0 saturated heterocycles. The van der Waals surface area contributed by atoms with E-state index >= 15 is 0 Å². The summed E-state index contributed by atoms with van der Waals surface area (Å²) in [6.07, 6.45) is 0.887. The molecule has 3 aromatic carbocycles. The molecule has 4 aromatic rings. The highest BCUT2D eigenvalue weighted by atomic mass is 16.4. The van der Waals surface area contributed by atoms with Crippen molar-refractivity contribution in [3.8, 4) is 0 Å². The topological polar surface area (TPSA) is 62.6 Å². The molecule has 1 aromatic heterocycles. The van der Waals surface area contributed by atoms with E-state index in [1.807, 2.05) is 61.6 Å². The number of rotatable bonds is 7. The summed E-state index contributed by atoms with van der Waals surface area (Å²) < 4.78 is 5.45. The summed E-state index contributed by atoms with van der Waals surface area (Å²) in [6, 6.07) is 24.7. The maximum Gasteiger partial charge on any atom is 0.336 e. The number of hydrogen-bond acceptors (Lipinski definition) is 4. The Kier molecular flexibility index (Phi) is 6.71. The van der Waals surface area contributed by atoms with Gasteiger partial charge in [-0.25, -0.2) is 4.79 Å². The molecular formula is C28H28N2O3. The van der Waals surface area contributed by atoms with E-state index in [0.717, 1.165) is 34.2 Å². The molecule has 1 atom stereocenters. The molecule has 0 aliphatic rings. The normalized spacial score (nSPS) is 12.1. The van der Waals surface area contributed by atoms with Gasteiger partial charge in [-0.3, -0.25) is 9.69 Å².